The van der Waals surface area contributed by atoms with Crippen molar-refractivity contribution in [2.45, 2.75) is 19.4 Å². The van der Waals surface area contributed by atoms with Crippen molar-refractivity contribution in [1.29, 1.82) is 5.26 Å². The van der Waals surface area contributed by atoms with Crippen molar-refractivity contribution in [1.82, 2.24) is 9.80 Å². The molecule has 1 aliphatic heterocycles. The van der Waals surface area contributed by atoms with Crippen LogP contribution in [0.5, 0.6) is 0 Å². The van der Waals surface area contributed by atoms with E-state index in [9.17, 15) is 5.26 Å². The minimum absolute atomic E-state index is 0.178. The maximum absolute atomic E-state index is 9.44. The van der Waals surface area contributed by atoms with Crippen molar-refractivity contribution < 1.29 is 0 Å². The second-order valence-corrected chi connectivity index (χ2v) is 5.40. The van der Waals surface area contributed by atoms with Gasteiger partial charge in [0.15, 0.2) is 0 Å². The average molecular weight is 278 g/mol. The van der Waals surface area contributed by atoms with Gasteiger partial charge in [0.1, 0.15) is 6.04 Å². The number of halogens is 1. The van der Waals surface area contributed by atoms with Crippen LogP contribution in [0.3, 0.4) is 0 Å². The molecule has 1 heterocycles. The standard InChI is InChI=1S/C15H20ClN3/c1-2-6-18-7-9-19(10-8-18)15(12-17)13-4-3-5-14(16)11-13/h3-5,11,15H,2,6-10H2,1H3. The van der Waals surface area contributed by atoms with Crippen LogP contribution in [0.4, 0.5) is 0 Å². The van der Waals surface area contributed by atoms with Gasteiger partial charge in [-0.05, 0) is 30.7 Å². The molecule has 3 nitrogen and oxygen atoms in total. The van der Waals surface area contributed by atoms with Gasteiger partial charge in [0.25, 0.3) is 0 Å². The predicted octanol–water partition coefficient (Wildman–Crippen LogP) is 2.93. The van der Waals surface area contributed by atoms with E-state index in [1.807, 2.05) is 24.3 Å². The lowest BCUT2D eigenvalue weighted by molar-refractivity contribution is 0.114. The molecule has 2 rings (SSSR count). The van der Waals surface area contributed by atoms with Gasteiger partial charge in [0.05, 0.1) is 6.07 Å². The first-order valence-corrected chi connectivity index (χ1v) is 7.24. The van der Waals surface area contributed by atoms with Crippen LogP contribution in [0.2, 0.25) is 5.02 Å². The van der Waals surface area contributed by atoms with Crippen LogP contribution in [0.25, 0.3) is 0 Å². The largest absolute Gasteiger partial charge is 0.301 e. The molecule has 1 fully saturated rings. The minimum Gasteiger partial charge on any atom is -0.301 e. The summed E-state index contributed by atoms with van der Waals surface area (Å²) in [5.74, 6) is 0. The van der Waals surface area contributed by atoms with Crippen molar-refractivity contribution in [2.24, 2.45) is 0 Å². The van der Waals surface area contributed by atoms with Crippen LogP contribution in [-0.4, -0.2) is 42.5 Å². The minimum atomic E-state index is -0.178. The third-order valence-corrected chi connectivity index (χ3v) is 3.83. The Morgan fingerprint density at radius 1 is 1.32 bits per heavy atom. The van der Waals surface area contributed by atoms with Crippen LogP contribution < -0.4 is 0 Å². The molecule has 0 N–H and O–H groups in total. The molecule has 19 heavy (non-hydrogen) atoms. The maximum atomic E-state index is 9.44. The van der Waals surface area contributed by atoms with Crippen molar-refractivity contribution in [3.05, 3.63) is 34.9 Å². The molecule has 0 saturated carbocycles. The molecule has 1 unspecified atom stereocenters. The smallest absolute Gasteiger partial charge is 0.123 e. The van der Waals surface area contributed by atoms with E-state index in [1.165, 1.54) is 6.42 Å². The Labute approximate surface area is 120 Å². The lowest BCUT2D eigenvalue weighted by atomic mass is 10.1. The Bertz CT molecular complexity index is 447. The predicted molar refractivity (Wildman–Crippen MR) is 78.1 cm³/mol. The molecule has 102 valence electrons. The van der Waals surface area contributed by atoms with Crippen molar-refractivity contribution in [3.8, 4) is 6.07 Å². The molecular weight excluding hydrogens is 258 g/mol. The van der Waals surface area contributed by atoms with Gasteiger partial charge >= 0.3 is 0 Å². The second-order valence-electron chi connectivity index (χ2n) is 4.96. The van der Waals surface area contributed by atoms with Gasteiger partial charge in [-0.3, -0.25) is 4.90 Å². The molecule has 1 saturated heterocycles. The van der Waals surface area contributed by atoms with E-state index in [0.29, 0.717) is 5.02 Å². The van der Waals surface area contributed by atoms with E-state index in [4.69, 9.17) is 11.6 Å². The molecule has 1 aliphatic rings. The molecule has 1 atom stereocenters. The van der Waals surface area contributed by atoms with Gasteiger partial charge in [-0.1, -0.05) is 30.7 Å². The van der Waals surface area contributed by atoms with Crippen LogP contribution >= 0.6 is 11.6 Å². The maximum Gasteiger partial charge on any atom is 0.123 e. The molecule has 0 amide bonds. The van der Waals surface area contributed by atoms with E-state index >= 15 is 0 Å². The molecule has 0 radical (unpaired) electrons. The number of benzene rings is 1. The number of piperazine rings is 1. The van der Waals surface area contributed by atoms with Crippen molar-refractivity contribution >= 4 is 11.6 Å². The Balaban J connectivity index is 2.02. The van der Waals surface area contributed by atoms with E-state index in [2.05, 4.69) is 22.8 Å². The van der Waals surface area contributed by atoms with Crippen molar-refractivity contribution in [2.75, 3.05) is 32.7 Å². The highest BCUT2D eigenvalue weighted by Crippen LogP contribution is 2.24. The summed E-state index contributed by atoms with van der Waals surface area (Å²) in [4.78, 5) is 4.71. The molecule has 0 spiro atoms. The lowest BCUT2D eigenvalue weighted by Crippen LogP contribution is -2.47. The fourth-order valence-electron chi connectivity index (χ4n) is 2.61. The molecule has 0 bridgehead atoms. The van der Waals surface area contributed by atoms with Gasteiger partial charge in [-0.2, -0.15) is 5.26 Å². The Kier molecular flexibility index (Phi) is 5.21. The van der Waals surface area contributed by atoms with Crippen LogP contribution in [-0.2, 0) is 0 Å². The van der Waals surface area contributed by atoms with Gasteiger partial charge in [0, 0.05) is 31.2 Å². The fraction of sp³-hybridized carbons (Fsp3) is 0.533. The van der Waals surface area contributed by atoms with Crippen LogP contribution in [0.1, 0.15) is 24.9 Å². The summed E-state index contributed by atoms with van der Waals surface area (Å²) in [6.45, 7) is 7.35. The lowest BCUT2D eigenvalue weighted by Gasteiger charge is -2.36. The number of nitriles is 1. The van der Waals surface area contributed by atoms with E-state index in [1.54, 1.807) is 0 Å². The summed E-state index contributed by atoms with van der Waals surface area (Å²) in [6.07, 6.45) is 1.19. The monoisotopic (exact) mass is 277 g/mol. The first-order chi connectivity index (χ1) is 9.24. The second kappa shape index (κ2) is 6.91. The molecular formula is C15H20ClN3. The zero-order chi connectivity index (χ0) is 13.7. The first kappa shape index (κ1) is 14.3. The third kappa shape index (κ3) is 3.70. The molecule has 0 aliphatic carbocycles. The van der Waals surface area contributed by atoms with Gasteiger partial charge in [-0.25, -0.2) is 0 Å². The summed E-state index contributed by atoms with van der Waals surface area (Å²) in [7, 11) is 0. The first-order valence-electron chi connectivity index (χ1n) is 6.86. The molecule has 4 heteroatoms. The topological polar surface area (TPSA) is 30.3 Å². The zero-order valence-electron chi connectivity index (χ0n) is 11.3. The summed E-state index contributed by atoms with van der Waals surface area (Å²) in [5.41, 5.74) is 0.999. The normalized spacial score (nSPS) is 19.0. The number of hydrogen-bond donors (Lipinski definition) is 0. The van der Waals surface area contributed by atoms with Crippen LogP contribution in [0, 0.1) is 11.3 Å². The van der Waals surface area contributed by atoms with Crippen molar-refractivity contribution in [3.63, 3.8) is 0 Å². The summed E-state index contributed by atoms with van der Waals surface area (Å²) < 4.78 is 0. The van der Waals surface area contributed by atoms with Gasteiger partial charge in [0.2, 0.25) is 0 Å². The summed E-state index contributed by atoms with van der Waals surface area (Å²) >= 11 is 6.01. The molecule has 0 aromatic heterocycles. The van der Waals surface area contributed by atoms with Gasteiger partial charge in [-0.15, -0.1) is 0 Å². The highest BCUT2D eigenvalue weighted by atomic mass is 35.5. The quantitative estimate of drug-likeness (QED) is 0.848. The molecule has 1 aromatic rings. The SMILES string of the molecule is CCCN1CCN(C(C#N)c2cccc(Cl)c2)CC1. The third-order valence-electron chi connectivity index (χ3n) is 3.60. The fourth-order valence-corrected chi connectivity index (χ4v) is 2.80. The number of nitrogens with zero attached hydrogens (tertiary/aromatic N) is 3. The summed E-state index contributed by atoms with van der Waals surface area (Å²) in [6, 6.07) is 9.87. The van der Waals surface area contributed by atoms with E-state index < -0.39 is 0 Å². The highest BCUT2D eigenvalue weighted by Gasteiger charge is 2.24. The Morgan fingerprint density at radius 2 is 2.05 bits per heavy atom. The number of hydrogen-bond acceptors (Lipinski definition) is 3. The zero-order valence-corrected chi connectivity index (χ0v) is 12.1. The Morgan fingerprint density at radius 3 is 2.63 bits per heavy atom. The van der Waals surface area contributed by atoms with Crippen LogP contribution in [0.15, 0.2) is 24.3 Å². The average Bonchev–Trinajstić information content (AvgIpc) is 2.42. The summed E-state index contributed by atoms with van der Waals surface area (Å²) in [5, 5.41) is 10.1. The van der Waals surface area contributed by atoms with Gasteiger partial charge < -0.3 is 4.90 Å². The van der Waals surface area contributed by atoms with E-state index in [0.717, 1.165) is 38.3 Å². The number of rotatable bonds is 4. The van der Waals surface area contributed by atoms with E-state index in [-0.39, 0.29) is 6.04 Å². The highest BCUT2D eigenvalue weighted by molar-refractivity contribution is 6.30. The molecule has 1 aromatic carbocycles. The Hall–Kier alpha value is -1.08.